The third-order valence-corrected chi connectivity index (χ3v) is 6.96. The fourth-order valence-corrected chi connectivity index (χ4v) is 4.74. The third kappa shape index (κ3) is 5.15. The molecule has 2 amide bonds. The average molecular weight is 511 g/mol. The summed E-state index contributed by atoms with van der Waals surface area (Å²) in [5.74, 6) is -1.26. The normalized spacial score (nSPS) is 12.5. The van der Waals surface area contributed by atoms with Crippen molar-refractivity contribution in [3.05, 3.63) is 74.1 Å². The van der Waals surface area contributed by atoms with Crippen molar-refractivity contribution in [2.24, 2.45) is 0 Å². The number of alkyl halides is 3. The van der Waals surface area contributed by atoms with Crippen molar-refractivity contribution in [1.82, 2.24) is 15.3 Å². The summed E-state index contributed by atoms with van der Waals surface area (Å²) in [6, 6.07) is 7.50. The van der Waals surface area contributed by atoms with Crippen molar-refractivity contribution >= 4 is 62.0 Å². The number of hydrogen-bond donors (Lipinski definition) is 2. The number of thiazole rings is 1. The van der Waals surface area contributed by atoms with Crippen LogP contribution in [-0.4, -0.2) is 21.8 Å². The number of carbonyl (C=O) groups is 2. The SMILES string of the molecule is C[C@@H](NC(=O)c1ccc2sccc2c1)c1ncc(C(=O)Nc2cc(C(F)(F)F)c(Cl)cn2)s1. The Morgan fingerprint density at radius 2 is 1.88 bits per heavy atom. The van der Waals surface area contributed by atoms with Crippen molar-refractivity contribution in [1.29, 1.82) is 0 Å². The number of fused-ring (bicyclic) bond motifs is 1. The molecule has 0 saturated heterocycles. The van der Waals surface area contributed by atoms with E-state index in [1.807, 2.05) is 17.5 Å². The molecule has 1 atom stereocenters. The second-order valence-electron chi connectivity index (χ2n) is 6.93. The molecule has 6 nitrogen and oxygen atoms in total. The highest BCUT2D eigenvalue weighted by atomic mass is 35.5. The minimum Gasteiger partial charge on any atom is -0.343 e. The molecular weight excluding hydrogens is 497 g/mol. The van der Waals surface area contributed by atoms with Crippen LogP contribution >= 0.6 is 34.3 Å². The number of amides is 2. The monoisotopic (exact) mass is 510 g/mol. The first-order chi connectivity index (χ1) is 15.6. The van der Waals surface area contributed by atoms with E-state index in [1.54, 1.807) is 30.4 Å². The highest BCUT2D eigenvalue weighted by molar-refractivity contribution is 7.17. The van der Waals surface area contributed by atoms with Crippen LogP contribution in [0.3, 0.4) is 0 Å². The summed E-state index contributed by atoms with van der Waals surface area (Å²) in [6.07, 6.45) is -2.57. The van der Waals surface area contributed by atoms with E-state index in [0.29, 0.717) is 16.6 Å². The van der Waals surface area contributed by atoms with Gasteiger partial charge in [-0.2, -0.15) is 13.2 Å². The summed E-state index contributed by atoms with van der Waals surface area (Å²) >= 11 is 8.14. The molecule has 1 aromatic carbocycles. The van der Waals surface area contributed by atoms with Crippen molar-refractivity contribution in [2.75, 3.05) is 5.32 Å². The molecule has 2 N–H and O–H groups in total. The van der Waals surface area contributed by atoms with Gasteiger partial charge >= 0.3 is 6.18 Å². The average Bonchev–Trinajstić information content (AvgIpc) is 3.43. The molecule has 0 fully saturated rings. The number of nitrogens with zero attached hydrogens (tertiary/aromatic N) is 2. The summed E-state index contributed by atoms with van der Waals surface area (Å²) < 4.78 is 40.1. The topological polar surface area (TPSA) is 84.0 Å². The predicted molar refractivity (Wildman–Crippen MR) is 122 cm³/mol. The van der Waals surface area contributed by atoms with Gasteiger partial charge in [0.25, 0.3) is 11.8 Å². The van der Waals surface area contributed by atoms with Gasteiger partial charge in [0.15, 0.2) is 0 Å². The Morgan fingerprint density at radius 3 is 2.64 bits per heavy atom. The summed E-state index contributed by atoms with van der Waals surface area (Å²) in [6.45, 7) is 1.72. The zero-order valence-corrected chi connectivity index (χ0v) is 19.1. The van der Waals surface area contributed by atoms with E-state index in [0.717, 1.165) is 27.6 Å². The smallest absolute Gasteiger partial charge is 0.343 e. The van der Waals surface area contributed by atoms with Crippen LogP contribution in [-0.2, 0) is 6.18 Å². The summed E-state index contributed by atoms with van der Waals surface area (Å²) in [5.41, 5.74) is -0.604. The molecule has 4 rings (SSSR count). The van der Waals surface area contributed by atoms with Crippen LogP contribution < -0.4 is 10.6 Å². The Labute approximate surface area is 198 Å². The van der Waals surface area contributed by atoms with E-state index in [2.05, 4.69) is 20.6 Å². The minimum atomic E-state index is -4.68. The van der Waals surface area contributed by atoms with Gasteiger partial charge in [-0.05, 0) is 48.0 Å². The lowest BCUT2D eigenvalue weighted by atomic mass is 10.1. The maximum absolute atomic E-state index is 13.0. The fraction of sp³-hybridized carbons (Fsp3) is 0.143. The maximum Gasteiger partial charge on any atom is 0.418 e. The second kappa shape index (κ2) is 9.08. The summed E-state index contributed by atoms with van der Waals surface area (Å²) in [4.78, 5) is 33.1. The second-order valence-corrected chi connectivity index (χ2v) is 9.35. The number of nitrogens with one attached hydrogen (secondary N) is 2. The first-order valence-electron chi connectivity index (χ1n) is 9.40. The molecule has 170 valence electrons. The number of pyridine rings is 1. The van der Waals surface area contributed by atoms with Crippen molar-refractivity contribution in [2.45, 2.75) is 19.1 Å². The first kappa shape index (κ1) is 23.1. The van der Waals surface area contributed by atoms with E-state index in [4.69, 9.17) is 11.6 Å². The lowest BCUT2D eigenvalue weighted by Gasteiger charge is -2.11. The van der Waals surface area contributed by atoms with Crippen LogP contribution in [0.25, 0.3) is 10.1 Å². The quantitative estimate of drug-likeness (QED) is 0.336. The van der Waals surface area contributed by atoms with Crippen LogP contribution in [0.15, 0.2) is 48.1 Å². The Hall–Kier alpha value is -3.02. The van der Waals surface area contributed by atoms with E-state index >= 15 is 0 Å². The molecule has 0 aliphatic rings. The molecule has 0 saturated carbocycles. The molecule has 0 aliphatic carbocycles. The summed E-state index contributed by atoms with van der Waals surface area (Å²) in [7, 11) is 0. The number of hydrogen-bond acceptors (Lipinski definition) is 6. The highest BCUT2D eigenvalue weighted by Crippen LogP contribution is 2.35. The van der Waals surface area contributed by atoms with Gasteiger partial charge in [-0.15, -0.1) is 22.7 Å². The van der Waals surface area contributed by atoms with Crippen LogP contribution in [0.4, 0.5) is 19.0 Å². The Bertz CT molecular complexity index is 1350. The Kier molecular flexibility index (Phi) is 6.37. The third-order valence-electron chi connectivity index (χ3n) is 4.58. The van der Waals surface area contributed by atoms with E-state index in [-0.39, 0.29) is 16.6 Å². The van der Waals surface area contributed by atoms with Gasteiger partial charge in [0.2, 0.25) is 0 Å². The molecule has 0 unspecified atom stereocenters. The molecule has 33 heavy (non-hydrogen) atoms. The Morgan fingerprint density at radius 1 is 1.09 bits per heavy atom. The number of benzene rings is 1. The van der Waals surface area contributed by atoms with Gasteiger partial charge in [-0.3, -0.25) is 9.59 Å². The van der Waals surface area contributed by atoms with E-state index in [1.165, 1.54) is 6.20 Å². The fourth-order valence-electron chi connectivity index (χ4n) is 2.94. The number of anilines is 1. The molecule has 0 spiro atoms. The van der Waals surface area contributed by atoms with Crippen LogP contribution in [0.1, 0.15) is 43.6 Å². The van der Waals surface area contributed by atoms with Gasteiger partial charge in [0, 0.05) is 16.5 Å². The number of halogens is 4. The Balaban J connectivity index is 1.43. The zero-order valence-electron chi connectivity index (χ0n) is 16.7. The lowest BCUT2D eigenvalue weighted by molar-refractivity contribution is -0.137. The lowest BCUT2D eigenvalue weighted by Crippen LogP contribution is -2.26. The minimum absolute atomic E-state index is 0.149. The van der Waals surface area contributed by atoms with Gasteiger partial charge in [0.1, 0.15) is 15.7 Å². The molecule has 12 heteroatoms. The number of thiophene rings is 1. The van der Waals surface area contributed by atoms with Crippen LogP contribution in [0.5, 0.6) is 0 Å². The largest absolute Gasteiger partial charge is 0.418 e. The van der Waals surface area contributed by atoms with Crippen LogP contribution in [0.2, 0.25) is 5.02 Å². The predicted octanol–water partition coefficient (Wildman–Crippen LogP) is 6.17. The van der Waals surface area contributed by atoms with Crippen molar-refractivity contribution < 1.29 is 22.8 Å². The molecule has 4 aromatic rings. The van der Waals surface area contributed by atoms with Crippen molar-refractivity contribution in [3.63, 3.8) is 0 Å². The molecule has 0 aliphatic heterocycles. The van der Waals surface area contributed by atoms with E-state index in [9.17, 15) is 22.8 Å². The zero-order chi connectivity index (χ0) is 23.8. The maximum atomic E-state index is 13.0. The molecular formula is C21H14ClF3N4O2S2. The summed E-state index contributed by atoms with van der Waals surface area (Å²) in [5, 5.41) is 7.95. The molecule has 3 heterocycles. The number of carbonyl (C=O) groups excluding carboxylic acids is 2. The molecule has 0 radical (unpaired) electrons. The molecule has 0 bridgehead atoms. The van der Waals surface area contributed by atoms with Gasteiger partial charge in [-0.25, -0.2) is 9.97 Å². The van der Waals surface area contributed by atoms with Gasteiger partial charge in [0.05, 0.1) is 22.8 Å². The van der Waals surface area contributed by atoms with E-state index < -0.39 is 28.7 Å². The molecule has 3 aromatic heterocycles. The van der Waals surface area contributed by atoms with Gasteiger partial charge in [-0.1, -0.05) is 11.6 Å². The highest BCUT2D eigenvalue weighted by Gasteiger charge is 2.34. The van der Waals surface area contributed by atoms with Gasteiger partial charge < -0.3 is 10.6 Å². The van der Waals surface area contributed by atoms with Crippen LogP contribution in [0, 0.1) is 0 Å². The number of aromatic nitrogens is 2. The standard InChI is InChI=1S/C21H14ClF3N4O2S2/c1-10(28-18(30)12-2-3-15-11(6-12)4-5-32-15)20-27-9-16(33-20)19(31)29-17-7-13(21(23,24)25)14(22)8-26-17/h2-10H,1H3,(H,28,30)(H,26,29,31)/t10-/m1/s1. The van der Waals surface area contributed by atoms with Crippen molar-refractivity contribution in [3.8, 4) is 0 Å². The first-order valence-corrected chi connectivity index (χ1v) is 11.5. The number of rotatable bonds is 5.